The van der Waals surface area contributed by atoms with E-state index < -0.39 is 11.8 Å². The second kappa shape index (κ2) is 7.67. The van der Waals surface area contributed by atoms with Gasteiger partial charge in [0, 0.05) is 42.1 Å². The molecular weight excluding hydrogens is 397 g/mol. The fourth-order valence-corrected chi connectivity index (χ4v) is 3.61. The molecule has 0 aliphatic carbocycles. The number of hydrogen-bond donors (Lipinski definition) is 1. The molecule has 29 heavy (non-hydrogen) atoms. The Kier molecular flexibility index (Phi) is 5.06. The van der Waals surface area contributed by atoms with Crippen molar-refractivity contribution in [2.75, 3.05) is 32.6 Å². The van der Waals surface area contributed by atoms with Crippen molar-refractivity contribution in [2.24, 2.45) is 0 Å². The molecule has 3 aromatic rings. The first-order chi connectivity index (χ1) is 14.0. The van der Waals surface area contributed by atoms with Crippen molar-refractivity contribution in [1.82, 2.24) is 9.88 Å². The number of ether oxygens (including phenoxy) is 2. The highest BCUT2D eigenvalue weighted by atomic mass is 32.1. The number of esters is 1. The van der Waals surface area contributed by atoms with Gasteiger partial charge in [-0.05, 0) is 30.4 Å². The molecule has 2 aromatic heterocycles. The van der Waals surface area contributed by atoms with Crippen LogP contribution in [0.25, 0.3) is 11.0 Å². The van der Waals surface area contributed by atoms with E-state index in [1.807, 2.05) is 11.0 Å². The molecule has 1 saturated heterocycles. The molecule has 0 bridgehead atoms. The third-order valence-electron chi connectivity index (χ3n) is 4.84. The summed E-state index contributed by atoms with van der Waals surface area (Å²) in [7, 11) is 2.84. The number of methoxy groups -OCH3 is 2. The molecule has 1 N–H and O–H groups in total. The van der Waals surface area contributed by atoms with Gasteiger partial charge in [0.25, 0.3) is 0 Å². The van der Waals surface area contributed by atoms with E-state index in [1.165, 1.54) is 19.2 Å². The first-order valence-corrected chi connectivity index (χ1v) is 9.27. The van der Waals surface area contributed by atoms with E-state index in [-0.39, 0.29) is 11.7 Å². The van der Waals surface area contributed by atoms with Gasteiger partial charge in [0.15, 0.2) is 5.11 Å². The van der Waals surface area contributed by atoms with Gasteiger partial charge in [0.05, 0.1) is 26.1 Å². The average molecular weight is 415 g/mol. The molecule has 7 nitrogen and oxygen atoms in total. The molecule has 0 atom stereocenters. The van der Waals surface area contributed by atoms with E-state index in [1.54, 1.807) is 25.4 Å². The zero-order valence-electron chi connectivity index (χ0n) is 15.8. The summed E-state index contributed by atoms with van der Waals surface area (Å²) < 4.78 is 29.0. The standard InChI is InChI=1S/C20H18FN3O4S/c1-26-16-6-4-13(8-22-16)23-20(29)24-9-11(10-24)17-14-5-3-12(21)7-15(14)28-18(17)19(25)27-2/h3-8,11H,9-10H2,1-2H3,(H,23,29). The number of furan rings is 1. The van der Waals surface area contributed by atoms with Crippen LogP contribution >= 0.6 is 12.2 Å². The third kappa shape index (κ3) is 3.61. The van der Waals surface area contributed by atoms with Crippen LogP contribution in [0.3, 0.4) is 0 Å². The lowest BCUT2D eigenvalue weighted by molar-refractivity contribution is 0.0563. The minimum Gasteiger partial charge on any atom is -0.481 e. The maximum absolute atomic E-state index is 13.6. The van der Waals surface area contributed by atoms with Crippen molar-refractivity contribution >= 4 is 40.0 Å². The van der Waals surface area contributed by atoms with Crippen molar-refractivity contribution in [3.63, 3.8) is 0 Å². The molecule has 1 fully saturated rings. The molecule has 1 aliphatic heterocycles. The van der Waals surface area contributed by atoms with Gasteiger partial charge in [-0.3, -0.25) is 0 Å². The minimum atomic E-state index is -0.583. The molecule has 4 rings (SSSR count). The maximum Gasteiger partial charge on any atom is 0.374 e. The third-order valence-corrected chi connectivity index (χ3v) is 5.20. The Hall–Kier alpha value is -3.20. The smallest absolute Gasteiger partial charge is 0.374 e. The molecule has 1 aromatic carbocycles. The van der Waals surface area contributed by atoms with Crippen LogP contribution in [0.2, 0.25) is 0 Å². The number of benzene rings is 1. The first kappa shape index (κ1) is 19.1. The molecule has 0 unspecified atom stereocenters. The summed E-state index contributed by atoms with van der Waals surface area (Å²) in [5.41, 5.74) is 1.79. The Balaban J connectivity index is 1.50. The fourth-order valence-electron chi connectivity index (χ4n) is 3.34. The Labute approximate surface area is 171 Å². The number of nitrogens with zero attached hydrogens (tertiary/aromatic N) is 2. The lowest BCUT2D eigenvalue weighted by Gasteiger charge is -2.41. The second-order valence-electron chi connectivity index (χ2n) is 6.60. The highest BCUT2D eigenvalue weighted by Crippen LogP contribution is 2.38. The van der Waals surface area contributed by atoms with Crippen LogP contribution in [0.4, 0.5) is 10.1 Å². The van der Waals surface area contributed by atoms with E-state index in [0.717, 1.165) is 11.3 Å². The Morgan fingerprint density at radius 2 is 2.10 bits per heavy atom. The van der Waals surface area contributed by atoms with Crippen LogP contribution < -0.4 is 10.1 Å². The van der Waals surface area contributed by atoms with Gasteiger partial charge in [-0.15, -0.1) is 0 Å². The Morgan fingerprint density at radius 1 is 1.31 bits per heavy atom. The topological polar surface area (TPSA) is 76.8 Å². The highest BCUT2D eigenvalue weighted by molar-refractivity contribution is 7.80. The summed E-state index contributed by atoms with van der Waals surface area (Å²) in [6.07, 6.45) is 1.63. The molecule has 0 saturated carbocycles. The number of halogens is 1. The van der Waals surface area contributed by atoms with Gasteiger partial charge < -0.3 is 24.1 Å². The normalized spacial score (nSPS) is 13.8. The molecule has 9 heteroatoms. The Morgan fingerprint density at radius 3 is 2.76 bits per heavy atom. The van der Waals surface area contributed by atoms with Gasteiger partial charge in [-0.2, -0.15) is 0 Å². The average Bonchev–Trinajstić information content (AvgIpc) is 3.05. The number of thiocarbonyl (C=S) groups is 1. The lowest BCUT2D eigenvalue weighted by atomic mass is 9.89. The van der Waals surface area contributed by atoms with E-state index in [9.17, 15) is 9.18 Å². The summed E-state index contributed by atoms with van der Waals surface area (Å²) in [5.74, 6) is -0.382. The largest absolute Gasteiger partial charge is 0.481 e. The zero-order valence-corrected chi connectivity index (χ0v) is 16.6. The van der Waals surface area contributed by atoms with E-state index >= 15 is 0 Å². The number of aromatic nitrogens is 1. The first-order valence-electron chi connectivity index (χ1n) is 8.86. The van der Waals surface area contributed by atoms with E-state index in [2.05, 4.69) is 10.3 Å². The minimum absolute atomic E-state index is 0.00422. The summed E-state index contributed by atoms with van der Waals surface area (Å²) in [5, 5.41) is 4.38. The van der Waals surface area contributed by atoms with Crippen molar-refractivity contribution in [3.05, 3.63) is 53.7 Å². The van der Waals surface area contributed by atoms with E-state index in [0.29, 0.717) is 35.1 Å². The van der Waals surface area contributed by atoms with Crippen LogP contribution in [-0.2, 0) is 4.74 Å². The number of likely N-dealkylation sites (tertiary alicyclic amines) is 1. The van der Waals surface area contributed by atoms with Crippen molar-refractivity contribution in [2.45, 2.75) is 5.92 Å². The summed E-state index contributed by atoms with van der Waals surface area (Å²) in [6, 6.07) is 7.80. The molecule has 1 aliphatic rings. The SMILES string of the molecule is COC(=O)c1oc2cc(F)ccc2c1C1CN(C(=S)Nc2ccc(OC)nc2)C1. The molecule has 0 amide bonds. The van der Waals surface area contributed by atoms with Gasteiger partial charge in [0.2, 0.25) is 11.6 Å². The van der Waals surface area contributed by atoms with Crippen molar-refractivity contribution in [1.29, 1.82) is 0 Å². The molecule has 0 spiro atoms. The molecule has 3 heterocycles. The van der Waals surface area contributed by atoms with Gasteiger partial charge >= 0.3 is 5.97 Å². The number of fused-ring (bicyclic) bond motifs is 1. The van der Waals surface area contributed by atoms with Crippen LogP contribution in [0.1, 0.15) is 22.0 Å². The number of nitrogens with one attached hydrogen (secondary N) is 1. The number of hydrogen-bond acceptors (Lipinski definition) is 6. The van der Waals surface area contributed by atoms with Crippen LogP contribution in [-0.4, -0.2) is 48.3 Å². The number of pyridine rings is 1. The summed E-state index contributed by atoms with van der Waals surface area (Å²) in [4.78, 5) is 18.3. The molecule has 150 valence electrons. The zero-order chi connectivity index (χ0) is 20.5. The number of anilines is 1. The quantitative estimate of drug-likeness (QED) is 0.512. The summed E-state index contributed by atoms with van der Waals surface area (Å²) in [6.45, 7) is 1.18. The van der Waals surface area contributed by atoms with Gasteiger partial charge in [-0.1, -0.05) is 0 Å². The van der Waals surface area contributed by atoms with Gasteiger partial charge in [-0.25, -0.2) is 14.2 Å². The number of rotatable bonds is 4. The van der Waals surface area contributed by atoms with Gasteiger partial charge in [0.1, 0.15) is 11.4 Å². The number of carbonyl (C=O) groups excluding carboxylic acids is 1. The molecule has 0 radical (unpaired) electrons. The number of carbonyl (C=O) groups is 1. The molecular formula is C20H18FN3O4S. The van der Waals surface area contributed by atoms with E-state index in [4.69, 9.17) is 26.1 Å². The summed E-state index contributed by atoms with van der Waals surface area (Å²) >= 11 is 5.46. The predicted octanol–water partition coefficient (Wildman–Crippen LogP) is 3.56. The van der Waals surface area contributed by atoms with Crippen LogP contribution in [0, 0.1) is 5.82 Å². The van der Waals surface area contributed by atoms with Crippen LogP contribution in [0.5, 0.6) is 5.88 Å². The predicted molar refractivity (Wildman–Crippen MR) is 109 cm³/mol. The van der Waals surface area contributed by atoms with Crippen molar-refractivity contribution < 1.29 is 23.1 Å². The second-order valence-corrected chi connectivity index (χ2v) is 6.98. The highest BCUT2D eigenvalue weighted by Gasteiger charge is 2.36. The lowest BCUT2D eigenvalue weighted by Crippen LogP contribution is -2.50. The van der Waals surface area contributed by atoms with Crippen molar-refractivity contribution in [3.8, 4) is 5.88 Å². The Bertz CT molecular complexity index is 1080. The maximum atomic E-state index is 13.6. The fraction of sp³-hybridized carbons (Fsp3) is 0.250. The monoisotopic (exact) mass is 415 g/mol. The van der Waals surface area contributed by atoms with Crippen LogP contribution in [0.15, 0.2) is 40.9 Å².